The Balaban J connectivity index is 0.00000121. The molecule has 1 heterocycles. The van der Waals surface area contributed by atoms with Gasteiger partial charge in [-0.25, -0.2) is 0 Å². The fourth-order valence-electron chi connectivity index (χ4n) is 5.31. The Morgan fingerprint density at radius 1 is 1.20 bits per heavy atom. The molecule has 2 bridgehead atoms. The highest BCUT2D eigenvalue weighted by atomic mass is 79.9. The molecule has 1 saturated heterocycles. The molecule has 0 aromatic heterocycles. The van der Waals surface area contributed by atoms with Crippen LogP contribution in [-0.4, -0.2) is 24.5 Å². The van der Waals surface area contributed by atoms with Gasteiger partial charge >= 0.3 is 0 Å². The first-order valence-electron chi connectivity index (χ1n) is 8.01. The van der Waals surface area contributed by atoms with E-state index in [-0.39, 0.29) is 17.0 Å². The van der Waals surface area contributed by atoms with E-state index in [0.717, 1.165) is 12.0 Å². The van der Waals surface area contributed by atoms with Crippen LogP contribution in [-0.2, 0) is 11.8 Å². The van der Waals surface area contributed by atoms with Crippen LogP contribution in [0.25, 0.3) is 0 Å². The maximum Gasteiger partial charge on any atom is 0.0169 e. The Bertz CT molecular complexity index is 512. The lowest BCUT2D eigenvalue weighted by atomic mass is 9.52. The van der Waals surface area contributed by atoms with Gasteiger partial charge in [-0.05, 0) is 63.2 Å². The number of rotatable bonds is 0. The van der Waals surface area contributed by atoms with E-state index in [1.165, 1.54) is 50.6 Å². The van der Waals surface area contributed by atoms with Crippen LogP contribution in [0.4, 0.5) is 0 Å². The van der Waals surface area contributed by atoms with Crippen molar-refractivity contribution in [3.05, 3.63) is 34.9 Å². The summed E-state index contributed by atoms with van der Waals surface area (Å²) in [7, 11) is 2.35. The van der Waals surface area contributed by atoms with Gasteiger partial charge in [0.25, 0.3) is 0 Å². The summed E-state index contributed by atoms with van der Waals surface area (Å²) in [5.74, 6) is 0.925. The Morgan fingerprint density at radius 2 is 2.05 bits per heavy atom. The molecule has 1 aromatic carbocycles. The summed E-state index contributed by atoms with van der Waals surface area (Å²) < 4.78 is 0. The number of fused-ring (bicyclic) bond motifs is 1. The molecule has 1 saturated carbocycles. The summed E-state index contributed by atoms with van der Waals surface area (Å²) in [6.07, 6.45) is 8.48. The van der Waals surface area contributed by atoms with Crippen LogP contribution >= 0.6 is 17.0 Å². The molecule has 110 valence electrons. The fourth-order valence-corrected chi connectivity index (χ4v) is 5.31. The second-order valence-corrected chi connectivity index (χ2v) is 7.17. The van der Waals surface area contributed by atoms with Crippen LogP contribution in [0.5, 0.6) is 0 Å². The lowest BCUT2D eigenvalue weighted by Crippen LogP contribution is -2.59. The smallest absolute Gasteiger partial charge is 0.0169 e. The molecule has 0 spiro atoms. The van der Waals surface area contributed by atoms with Gasteiger partial charge in [-0.2, -0.15) is 0 Å². The molecule has 0 unspecified atom stereocenters. The lowest BCUT2D eigenvalue weighted by Gasteiger charge is -2.58. The number of aryl methyl sites for hydroxylation is 1. The quantitative estimate of drug-likeness (QED) is 0.684. The first kappa shape index (κ1) is 14.6. The van der Waals surface area contributed by atoms with Gasteiger partial charge in [-0.3, -0.25) is 0 Å². The summed E-state index contributed by atoms with van der Waals surface area (Å²) in [5, 5.41) is 0. The highest BCUT2D eigenvalue weighted by Crippen LogP contribution is 2.55. The molecule has 3 atom stereocenters. The van der Waals surface area contributed by atoms with Crippen molar-refractivity contribution in [2.75, 3.05) is 13.6 Å². The minimum absolute atomic E-state index is 0. The topological polar surface area (TPSA) is 3.24 Å². The Morgan fingerprint density at radius 3 is 2.90 bits per heavy atom. The van der Waals surface area contributed by atoms with Gasteiger partial charge in [0.1, 0.15) is 0 Å². The third-order valence-corrected chi connectivity index (χ3v) is 6.27. The zero-order chi connectivity index (χ0) is 13.0. The number of benzene rings is 1. The Hall–Kier alpha value is -0.340. The number of piperidine rings is 1. The number of halogens is 1. The second-order valence-electron chi connectivity index (χ2n) is 7.17. The van der Waals surface area contributed by atoms with Crippen LogP contribution in [0.3, 0.4) is 0 Å². The van der Waals surface area contributed by atoms with Crippen molar-refractivity contribution in [3.8, 4) is 0 Å². The molecule has 1 aliphatic heterocycles. The average molecular weight is 336 g/mol. The molecule has 3 aliphatic rings. The largest absolute Gasteiger partial charge is 0.303 e. The van der Waals surface area contributed by atoms with Crippen LogP contribution in [0.1, 0.15) is 48.8 Å². The van der Waals surface area contributed by atoms with E-state index in [2.05, 4.69) is 37.1 Å². The van der Waals surface area contributed by atoms with E-state index in [0.29, 0.717) is 5.41 Å². The van der Waals surface area contributed by atoms with Crippen molar-refractivity contribution in [2.45, 2.75) is 56.9 Å². The maximum absolute atomic E-state index is 2.65. The van der Waals surface area contributed by atoms with Gasteiger partial charge < -0.3 is 4.90 Å². The lowest BCUT2D eigenvalue weighted by molar-refractivity contribution is 0.00283. The molecule has 2 aliphatic carbocycles. The van der Waals surface area contributed by atoms with Crippen LogP contribution < -0.4 is 0 Å². The number of hydrogen-bond acceptors (Lipinski definition) is 1. The Labute approximate surface area is 133 Å². The van der Waals surface area contributed by atoms with Crippen molar-refractivity contribution < 1.29 is 0 Å². The first-order chi connectivity index (χ1) is 9.21. The maximum atomic E-state index is 2.65. The van der Waals surface area contributed by atoms with Crippen molar-refractivity contribution in [3.63, 3.8) is 0 Å². The van der Waals surface area contributed by atoms with Gasteiger partial charge in [0.15, 0.2) is 0 Å². The van der Waals surface area contributed by atoms with Crippen molar-refractivity contribution >= 4 is 17.0 Å². The van der Waals surface area contributed by atoms with Gasteiger partial charge in [-0.1, -0.05) is 36.6 Å². The third-order valence-electron chi connectivity index (χ3n) is 6.27. The summed E-state index contributed by atoms with van der Waals surface area (Å²) in [6, 6.07) is 8.07. The monoisotopic (exact) mass is 335 g/mol. The van der Waals surface area contributed by atoms with E-state index in [4.69, 9.17) is 0 Å². The standard InChI is InChI=1S/C18H25N.BrH/c1-13-6-7-14-12-17-15-5-3-4-8-18(15,16(14)11-13)9-10-19(17)2;/h6-7,11,15,17H,3-5,8-10,12H2,1-2H3;1H/t15-,17-,18+;/m1./s1. The fraction of sp³-hybridized carbons (Fsp3) is 0.667. The molecule has 0 radical (unpaired) electrons. The number of hydrogen-bond donors (Lipinski definition) is 0. The first-order valence-corrected chi connectivity index (χ1v) is 8.01. The normalized spacial score (nSPS) is 35.7. The zero-order valence-electron chi connectivity index (χ0n) is 12.7. The molecule has 0 amide bonds. The highest BCUT2D eigenvalue weighted by molar-refractivity contribution is 8.93. The van der Waals surface area contributed by atoms with Crippen molar-refractivity contribution in [1.29, 1.82) is 0 Å². The van der Waals surface area contributed by atoms with E-state index < -0.39 is 0 Å². The van der Waals surface area contributed by atoms with E-state index in [9.17, 15) is 0 Å². The second kappa shape index (κ2) is 5.14. The Kier molecular flexibility index (Phi) is 3.75. The number of nitrogens with zero attached hydrogens (tertiary/aromatic N) is 1. The van der Waals surface area contributed by atoms with Crippen LogP contribution in [0.15, 0.2) is 18.2 Å². The molecular formula is C18H26BrN. The molecule has 4 rings (SSSR count). The summed E-state index contributed by atoms with van der Waals surface area (Å²) in [5.41, 5.74) is 5.38. The summed E-state index contributed by atoms with van der Waals surface area (Å²) in [6.45, 7) is 3.56. The predicted octanol–water partition coefficient (Wildman–Crippen LogP) is 4.26. The molecular weight excluding hydrogens is 310 g/mol. The van der Waals surface area contributed by atoms with Crippen molar-refractivity contribution in [1.82, 2.24) is 4.90 Å². The van der Waals surface area contributed by atoms with Crippen LogP contribution in [0, 0.1) is 12.8 Å². The summed E-state index contributed by atoms with van der Waals surface area (Å²) in [4.78, 5) is 2.65. The van der Waals surface area contributed by atoms with Gasteiger partial charge in [0, 0.05) is 11.5 Å². The van der Waals surface area contributed by atoms with E-state index in [1.54, 1.807) is 11.1 Å². The number of likely N-dealkylation sites (N-methyl/N-ethyl adjacent to an activating group) is 1. The molecule has 1 nitrogen and oxygen atoms in total. The molecule has 2 heteroatoms. The molecule has 20 heavy (non-hydrogen) atoms. The van der Waals surface area contributed by atoms with Gasteiger partial charge in [-0.15, -0.1) is 17.0 Å². The highest BCUT2D eigenvalue weighted by Gasteiger charge is 2.52. The third kappa shape index (κ3) is 1.91. The molecule has 2 fully saturated rings. The molecule has 0 N–H and O–H groups in total. The minimum Gasteiger partial charge on any atom is -0.303 e. The van der Waals surface area contributed by atoms with E-state index >= 15 is 0 Å². The van der Waals surface area contributed by atoms with E-state index in [1.807, 2.05) is 0 Å². The van der Waals surface area contributed by atoms with Gasteiger partial charge in [0.05, 0.1) is 0 Å². The molecule has 1 aromatic rings. The van der Waals surface area contributed by atoms with Crippen molar-refractivity contribution in [2.24, 2.45) is 5.92 Å². The van der Waals surface area contributed by atoms with Gasteiger partial charge in [0.2, 0.25) is 0 Å². The average Bonchev–Trinajstić information content (AvgIpc) is 2.43. The zero-order valence-corrected chi connectivity index (χ0v) is 14.4. The SMILES string of the molecule is Br.Cc1ccc2c(c1)[C@]13CCCC[C@@H]1[C@@H](C2)N(C)CC3. The number of likely N-dealkylation sites (tertiary alicyclic amines) is 1. The van der Waals surface area contributed by atoms with Crippen LogP contribution in [0.2, 0.25) is 0 Å². The summed E-state index contributed by atoms with van der Waals surface area (Å²) >= 11 is 0. The predicted molar refractivity (Wildman–Crippen MR) is 89.9 cm³/mol. The minimum atomic E-state index is 0.